The van der Waals surface area contributed by atoms with Gasteiger partial charge in [0.05, 0.1) is 36.4 Å². The molecule has 6 aromatic rings. The number of hydrogen-bond acceptors (Lipinski definition) is 6. The SMILES string of the molecule is COc1cccc(NC(=O)c2c(-c3cnc4ccccc4c3C(=O)Nc3cccc(OC)c3)cnc3ccccc23)c1. The number of nitrogens with zero attached hydrogens (tertiary/aromatic N) is 2. The number of amides is 2. The summed E-state index contributed by atoms with van der Waals surface area (Å²) in [6.45, 7) is 0. The Morgan fingerprint density at radius 1 is 0.571 bits per heavy atom. The molecule has 4 aromatic carbocycles. The second-order valence-corrected chi connectivity index (χ2v) is 9.50. The van der Waals surface area contributed by atoms with Gasteiger partial charge >= 0.3 is 0 Å². The van der Waals surface area contributed by atoms with Crippen LogP contribution in [0.3, 0.4) is 0 Å². The number of nitrogens with one attached hydrogen (secondary N) is 2. The molecule has 8 heteroatoms. The fraction of sp³-hybridized carbons (Fsp3) is 0.0588. The third-order valence-corrected chi connectivity index (χ3v) is 6.95. The lowest BCUT2D eigenvalue weighted by atomic mass is 9.92. The molecule has 0 aliphatic carbocycles. The lowest BCUT2D eigenvalue weighted by molar-refractivity contribution is 0.101. The van der Waals surface area contributed by atoms with Crippen molar-refractivity contribution in [2.24, 2.45) is 0 Å². The van der Waals surface area contributed by atoms with Crippen molar-refractivity contribution < 1.29 is 19.1 Å². The standard InChI is InChI=1S/C34H26N4O4/c1-41-23-11-7-9-21(17-23)37-33(39)31-25-13-3-5-15-29(25)35-19-27(31)28-20-36-30-16-6-4-14-26(30)32(28)34(40)38-22-10-8-12-24(18-22)42-2/h3-20H,1-2H3,(H,37,39)(H,38,40). The van der Waals surface area contributed by atoms with Crippen molar-refractivity contribution in [3.63, 3.8) is 0 Å². The number of pyridine rings is 2. The van der Waals surface area contributed by atoms with E-state index in [1.807, 2.05) is 48.5 Å². The van der Waals surface area contributed by atoms with Crippen LogP contribution in [-0.4, -0.2) is 36.0 Å². The minimum atomic E-state index is -0.357. The number of fused-ring (bicyclic) bond motifs is 2. The first kappa shape index (κ1) is 26.5. The molecule has 0 unspecified atom stereocenters. The minimum absolute atomic E-state index is 0.357. The number of anilines is 2. The summed E-state index contributed by atoms with van der Waals surface area (Å²) < 4.78 is 10.7. The number of rotatable bonds is 7. The Kier molecular flexibility index (Phi) is 7.17. The molecule has 42 heavy (non-hydrogen) atoms. The summed E-state index contributed by atoms with van der Waals surface area (Å²) in [6, 6.07) is 29.1. The van der Waals surface area contributed by atoms with Crippen molar-refractivity contribution in [2.75, 3.05) is 24.9 Å². The normalized spacial score (nSPS) is 10.8. The molecule has 2 aromatic heterocycles. The van der Waals surface area contributed by atoms with Gasteiger partial charge in [-0.05, 0) is 36.4 Å². The number of hydrogen-bond donors (Lipinski definition) is 2. The van der Waals surface area contributed by atoms with Crippen LogP contribution < -0.4 is 20.1 Å². The number of ether oxygens (including phenoxy) is 2. The van der Waals surface area contributed by atoms with Crippen LogP contribution >= 0.6 is 0 Å². The van der Waals surface area contributed by atoms with Crippen molar-refractivity contribution in [1.29, 1.82) is 0 Å². The van der Waals surface area contributed by atoms with E-state index in [-0.39, 0.29) is 11.8 Å². The van der Waals surface area contributed by atoms with Gasteiger partial charge in [-0.25, -0.2) is 0 Å². The van der Waals surface area contributed by atoms with Crippen LogP contribution in [0.15, 0.2) is 109 Å². The van der Waals surface area contributed by atoms with Gasteiger partial charge in [-0.3, -0.25) is 19.6 Å². The quantitative estimate of drug-likeness (QED) is 0.221. The largest absolute Gasteiger partial charge is 0.497 e. The molecule has 0 saturated carbocycles. The molecule has 0 spiro atoms. The van der Waals surface area contributed by atoms with Gasteiger partial charge in [-0.1, -0.05) is 48.5 Å². The molecule has 2 heterocycles. The Labute approximate surface area is 242 Å². The molecule has 6 rings (SSSR count). The molecular formula is C34H26N4O4. The summed E-state index contributed by atoms with van der Waals surface area (Å²) in [4.78, 5) is 37.3. The van der Waals surface area contributed by atoms with E-state index in [1.54, 1.807) is 75.1 Å². The molecule has 0 radical (unpaired) electrons. The smallest absolute Gasteiger partial charge is 0.257 e. The molecule has 0 saturated heterocycles. The Balaban J connectivity index is 1.54. The Hall–Kier alpha value is -5.76. The van der Waals surface area contributed by atoms with Gasteiger partial charge < -0.3 is 20.1 Å². The van der Waals surface area contributed by atoms with Crippen LogP contribution in [-0.2, 0) is 0 Å². The molecule has 206 valence electrons. The fourth-order valence-corrected chi connectivity index (χ4v) is 4.97. The zero-order valence-electron chi connectivity index (χ0n) is 22.9. The second-order valence-electron chi connectivity index (χ2n) is 9.50. The van der Waals surface area contributed by atoms with E-state index in [9.17, 15) is 9.59 Å². The average Bonchev–Trinajstić information content (AvgIpc) is 3.03. The molecule has 8 nitrogen and oxygen atoms in total. The predicted octanol–water partition coefficient (Wildman–Crippen LogP) is 6.97. The summed E-state index contributed by atoms with van der Waals surface area (Å²) in [7, 11) is 3.14. The van der Waals surface area contributed by atoms with Crippen LogP contribution in [0.2, 0.25) is 0 Å². The van der Waals surface area contributed by atoms with Crippen molar-refractivity contribution in [3.05, 3.63) is 121 Å². The number of carbonyl (C=O) groups is 2. The topological polar surface area (TPSA) is 102 Å². The third kappa shape index (κ3) is 5.09. The van der Waals surface area contributed by atoms with Crippen LogP contribution in [0.4, 0.5) is 11.4 Å². The molecule has 0 aliphatic heterocycles. The van der Waals surface area contributed by atoms with E-state index < -0.39 is 0 Å². The van der Waals surface area contributed by atoms with Crippen LogP contribution in [0, 0.1) is 0 Å². The van der Waals surface area contributed by atoms with Crippen LogP contribution in [0.25, 0.3) is 32.9 Å². The highest BCUT2D eigenvalue weighted by Crippen LogP contribution is 2.35. The number of benzene rings is 4. The lowest BCUT2D eigenvalue weighted by Crippen LogP contribution is -2.17. The third-order valence-electron chi connectivity index (χ3n) is 6.95. The van der Waals surface area contributed by atoms with E-state index in [2.05, 4.69) is 20.6 Å². The number of carbonyl (C=O) groups excluding carboxylic acids is 2. The van der Waals surface area contributed by atoms with Crippen molar-refractivity contribution in [1.82, 2.24) is 9.97 Å². The number of aromatic nitrogens is 2. The molecule has 2 N–H and O–H groups in total. The van der Waals surface area contributed by atoms with Crippen molar-refractivity contribution in [2.45, 2.75) is 0 Å². The van der Waals surface area contributed by atoms with Crippen molar-refractivity contribution >= 4 is 45.0 Å². The molecular weight excluding hydrogens is 528 g/mol. The van der Waals surface area contributed by atoms with E-state index in [4.69, 9.17) is 9.47 Å². The minimum Gasteiger partial charge on any atom is -0.497 e. The number of para-hydroxylation sites is 2. The van der Waals surface area contributed by atoms with Gasteiger partial charge in [0.1, 0.15) is 11.5 Å². The van der Waals surface area contributed by atoms with Crippen LogP contribution in [0.1, 0.15) is 20.7 Å². The van der Waals surface area contributed by atoms with Crippen LogP contribution in [0.5, 0.6) is 11.5 Å². The highest BCUT2D eigenvalue weighted by atomic mass is 16.5. The zero-order chi connectivity index (χ0) is 29.1. The fourth-order valence-electron chi connectivity index (χ4n) is 4.97. The first-order valence-corrected chi connectivity index (χ1v) is 13.2. The average molecular weight is 555 g/mol. The van der Waals surface area contributed by atoms with Gasteiger partial charge in [-0.15, -0.1) is 0 Å². The van der Waals surface area contributed by atoms with Gasteiger partial charge in [-0.2, -0.15) is 0 Å². The summed E-state index contributed by atoms with van der Waals surface area (Å²) in [5, 5.41) is 7.27. The van der Waals surface area contributed by atoms with Gasteiger partial charge in [0.25, 0.3) is 11.8 Å². The first-order chi connectivity index (χ1) is 20.6. The summed E-state index contributed by atoms with van der Waals surface area (Å²) in [5.41, 5.74) is 4.12. The Morgan fingerprint density at radius 3 is 1.43 bits per heavy atom. The summed E-state index contributed by atoms with van der Waals surface area (Å²) in [5.74, 6) is 0.513. The Morgan fingerprint density at radius 2 is 1.00 bits per heavy atom. The second kappa shape index (κ2) is 11.4. The first-order valence-electron chi connectivity index (χ1n) is 13.2. The molecule has 0 aliphatic rings. The van der Waals surface area contributed by atoms with Gasteiger partial charge in [0.2, 0.25) is 0 Å². The van der Waals surface area contributed by atoms with Gasteiger partial charge in [0.15, 0.2) is 0 Å². The summed E-state index contributed by atoms with van der Waals surface area (Å²) >= 11 is 0. The maximum Gasteiger partial charge on any atom is 0.257 e. The molecule has 0 fully saturated rings. The highest BCUT2D eigenvalue weighted by Gasteiger charge is 2.24. The maximum atomic E-state index is 14.0. The van der Waals surface area contributed by atoms with Crippen molar-refractivity contribution in [3.8, 4) is 22.6 Å². The summed E-state index contributed by atoms with van der Waals surface area (Å²) in [6.07, 6.45) is 3.24. The highest BCUT2D eigenvalue weighted by molar-refractivity contribution is 6.21. The monoisotopic (exact) mass is 554 g/mol. The Bertz CT molecular complexity index is 1830. The molecule has 0 atom stereocenters. The van der Waals surface area contributed by atoms with E-state index in [1.165, 1.54) is 0 Å². The zero-order valence-corrected chi connectivity index (χ0v) is 22.9. The predicted molar refractivity (Wildman–Crippen MR) is 164 cm³/mol. The lowest BCUT2D eigenvalue weighted by Gasteiger charge is -2.17. The molecule has 0 bridgehead atoms. The maximum absolute atomic E-state index is 14.0. The van der Waals surface area contributed by atoms with Gasteiger partial charge in [0, 0.05) is 57.8 Å². The molecule has 2 amide bonds. The van der Waals surface area contributed by atoms with E-state index in [0.29, 0.717) is 66.9 Å². The van der Waals surface area contributed by atoms with E-state index in [0.717, 1.165) is 0 Å². The van der Waals surface area contributed by atoms with E-state index >= 15 is 0 Å². The number of methoxy groups -OCH3 is 2.